The summed E-state index contributed by atoms with van der Waals surface area (Å²) in [6.07, 6.45) is 1.53. The molecule has 1 aromatic carbocycles. The van der Waals surface area contributed by atoms with Crippen molar-refractivity contribution in [3.63, 3.8) is 0 Å². The fourth-order valence-corrected chi connectivity index (χ4v) is 3.13. The van der Waals surface area contributed by atoms with Crippen molar-refractivity contribution in [1.29, 1.82) is 0 Å². The van der Waals surface area contributed by atoms with Crippen molar-refractivity contribution in [2.24, 2.45) is 5.92 Å². The van der Waals surface area contributed by atoms with E-state index >= 15 is 0 Å². The summed E-state index contributed by atoms with van der Waals surface area (Å²) >= 11 is 0. The molecule has 1 aromatic rings. The molecule has 0 atom stereocenters. The summed E-state index contributed by atoms with van der Waals surface area (Å²) in [4.78, 5) is 25.3. The van der Waals surface area contributed by atoms with E-state index in [0.29, 0.717) is 36.1 Å². The lowest BCUT2D eigenvalue weighted by molar-refractivity contribution is -0.139. The molecule has 1 saturated carbocycles. The summed E-state index contributed by atoms with van der Waals surface area (Å²) in [5, 5.41) is 12.0. The molecule has 0 bridgehead atoms. The number of likely N-dealkylation sites (N-methyl/N-ethyl adjacent to an activating group) is 1. The second kappa shape index (κ2) is 9.60. The molecule has 2 rings (SSSR count). The standard InChI is InChI=1S/C20H30N2O5/c1-5-22(11-19(23)24)16-9-15(10-16)21-20(25)14-6-7-17(18(8-14)26-4)27-12-13(2)3/h6-8,13,15-16H,5,9-12H2,1-4H3,(H,21,25)(H,23,24). The molecule has 0 spiro atoms. The van der Waals surface area contributed by atoms with Crippen molar-refractivity contribution in [3.05, 3.63) is 23.8 Å². The minimum absolute atomic E-state index is 0.0386. The lowest BCUT2D eigenvalue weighted by Crippen LogP contribution is -2.54. The first-order valence-electron chi connectivity index (χ1n) is 9.41. The smallest absolute Gasteiger partial charge is 0.317 e. The van der Waals surface area contributed by atoms with E-state index in [4.69, 9.17) is 14.6 Å². The molecule has 1 amide bonds. The van der Waals surface area contributed by atoms with Crippen LogP contribution in [0, 0.1) is 5.92 Å². The molecule has 1 aliphatic carbocycles. The van der Waals surface area contributed by atoms with Gasteiger partial charge in [-0.05, 0) is 43.5 Å². The number of nitrogens with one attached hydrogen (secondary N) is 1. The average molecular weight is 378 g/mol. The zero-order chi connectivity index (χ0) is 20.0. The Morgan fingerprint density at radius 1 is 1.30 bits per heavy atom. The molecule has 0 saturated heterocycles. The summed E-state index contributed by atoms with van der Waals surface area (Å²) in [7, 11) is 1.55. The Labute approximate surface area is 160 Å². The van der Waals surface area contributed by atoms with Crippen molar-refractivity contribution in [2.75, 3.05) is 26.8 Å². The molecule has 1 fully saturated rings. The summed E-state index contributed by atoms with van der Waals surface area (Å²) in [5.41, 5.74) is 0.519. The monoisotopic (exact) mass is 378 g/mol. The van der Waals surface area contributed by atoms with Crippen LogP contribution in [0.3, 0.4) is 0 Å². The van der Waals surface area contributed by atoms with E-state index < -0.39 is 5.97 Å². The van der Waals surface area contributed by atoms with Crippen LogP contribution in [0.4, 0.5) is 0 Å². The van der Waals surface area contributed by atoms with Gasteiger partial charge in [-0.3, -0.25) is 14.5 Å². The molecule has 2 N–H and O–H groups in total. The molecule has 0 unspecified atom stereocenters. The van der Waals surface area contributed by atoms with Gasteiger partial charge in [0.15, 0.2) is 11.5 Å². The molecule has 150 valence electrons. The van der Waals surface area contributed by atoms with Gasteiger partial charge in [-0.1, -0.05) is 20.8 Å². The zero-order valence-corrected chi connectivity index (χ0v) is 16.5. The number of nitrogens with zero attached hydrogens (tertiary/aromatic N) is 1. The highest BCUT2D eigenvalue weighted by Gasteiger charge is 2.34. The molecule has 1 aliphatic rings. The van der Waals surface area contributed by atoms with E-state index in [0.717, 1.165) is 12.8 Å². The molecule has 27 heavy (non-hydrogen) atoms. The van der Waals surface area contributed by atoms with E-state index in [-0.39, 0.29) is 24.5 Å². The normalized spacial score (nSPS) is 18.9. The number of carbonyl (C=O) groups is 2. The molecule has 0 aromatic heterocycles. The Balaban J connectivity index is 1.90. The van der Waals surface area contributed by atoms with E-state index in [1.54, 1.807) is 25.3 Å². The predicted octanol–water partition coefficient (Wildman–Crippen LogP) is 2.40. The molecular formula is C20H30N2O5. The highest BCUT2D eigenvalue weighted by Crippen LogP contribution is 2.29. The molecule has 7 heteroatoms. The number of methoxy groups -OCH3 is 1. The number of benzene rings is 1. The number of rotatable bonds is 10. The summed E-state index contributed by atoms with van der Waals surface area (Å²) in [5.74, 6) is 0.574. The van der Waals surface area contributed by atoms with Gasteiger partial charge < -0.3 is 19.9 Å². The van der Waals surface area contributed by atoms with Gasteiger partial charge >= 0.3 is 5.97 Å². The topological polar surface area (TPSA) is 88.1 Å². The first-order chi connectivity index (χ1) is 12.8. The van der Waals surface area contributed by atoms with Crippen LogP contribution in [0.15, 0.2) is 18.2 Å². The fourth-order valence-electron chi connectivity index (χ4n) is 3.13. The number of amides is 1. The van der Waals surface area contributed by atoms with E-state index in [2.05, 4.69) is 19.2 Å². The lowest BCUT2D eigenvalue weighted by Gasteiger charge is -2.42. The van der Waals surface area contributed by atoms with E-state index in [1.165, 1.54) is 0 Å². The number of carbonyl (C=O) groups excluding carboxylic acids is 1. The number of carboxylic acid groups (broad SMARTS) is 1. The number of hydrogen-bond acceptors (Lipinski definition) is 5. The van der Waals surface area contributed by atoms with Crippen LogP contribution in [0.25, 0.3) is 0 Å². The number of aliphatic carboxylic acids is 1. The van der Waals surface area contributed by atoms with Gasteiger partial charge in [0, 0.05) is 17.6 Å². The van der Waals surface area contributed by atoms with Gasteiger partial charge in [-0.2, -0.15) is 0 Å². The predicted molar refractivity (Wildman–Crippen MR) is 102 cm³/mol. The fraction of sp³-hybridized carbons (Fsp3) is 0.600. The van der Waals surface area contributed by atoms with Crippen molar-refractivity contribution >= 4 is 11.9 Å². The summed E-state index contributed by atoms with van der Waals surface area (Å²) < 4.78 is 11.1. The molecule has 0 radical (unpaired) electrons. The number of carboxylic acids is 1. The van der Waals surface area contributed by atoms with Gasteiger partial charge in [0.1, 0.15) is 0 Å². The third-order valence-corrected chi connectivity index (χ3v) is 4.71. The molecule has 0 aliphatic heterocycles. The Hall–Kier alpha value is -2.28. The molecular weight excluding hydrogens is 348 g/mol. The Morgan fingerprint density at radius 3 is 2.56 bits per heavy atom. The quantitative estimate of drug-likeness (QED) is 0.650. The summed E-state index contributed by atoms with van der Waals surface area (Å²) in [6.45, 7) is 7.38. The van der Waals surface area contributed by atoms with Crippen molar-refractivity contribution < 1.29 is 24.2 Å². The number of hydrogen-bond donors (Lipinski definition) is 2. The van der Waals surface area contributed by atoms with Crippen LogP contribution < -0.4 is 14.8 Å². The van der Waals surface area contributed by atoms with Gasteiger partial charge in [0.2, 0.25) is 0 Å². The molecule has 0 heterocycles. The van der Waals surface area contributed by atoms with Crippen LogP contribution in [0.2, 0.25) is 0 Å². The van der Waals surface area contributed by atoms with Gasteiger partial charge in [-0.15, -0.1) is 0 Å². The third-order valence-electron chi connectivity index (χ3n) is 4.71. The lowest BCUT2D eigenvalue weighted by atomic mass is 9.85. The zero-order valence-electron chi connectivity index (χ0n) is 16.5. The average Bonchev–Trinajstić information content (AvgIpc) is 2.60. The van der Waals surface area contributed by atoms with Crippen molar-refractivity contribution in [2.45, 2.75) is 45.7 Å². The summed E-state index contributed by atoms with van der Waals surface area (Å²) in [6, 6.07) is 5.44. The SMILES string of the molecule is CCN(CC(=O)O)C1CC(NC(=O)c2ccc(OCC(C)C)c(OC)c2)C1. The maximum absolute atomic E-state index is 12.5. The van der Waals surface area contributed by atoms with Crippen LogP contribution in [-0.2, 0) is 4.79 Å². The largest absolute Gasteiger partial charge is 0.493 e. The van der Waals surface area contributed by atoms with E-state index in [9.17, 15) is 9.59 Å². The number of ether oxygens (including phenoxy) is 2. The highest BCUT2D eigenvalue weighted by molar-refractivity contribution is 5.95. The Bertz CT molecular complexity index is 656. The van der Waals surface area contributed by atoms with Gasteiger partial charge in [0.05, 0.1) is 20.3 Å². The van der Waals surface area contributed by atoms with Crippen LogP contribution in [-0.4, -0.2) is 60.8 Å². The van der Waals surface area contributed by atoms with Crippen LogP contribution >= 0.6 is 0 Å². The minimum Gasteiger partial charge on any atom is -0.493 e. The van der Waals surface area contributed by atoms with E-state index in [1.807, 2.05) is 11.8 Å². The van der Waals surface area contributed by atoms with Gasteiger partial charge in [-0.25, -0.2) is 0 Å². The second-order valence-electron chi connectivity index (χ2n) is 7.32. The maximum atomic E-state index is 12.5. The first-order valence-corrected chi connectivity index (χ1v) is 9.41. The van der Waals surface area contributed by atoms with Crippen molar-refractivity contribution in [1.82, 2.24) is 10.2 Å². The van der Waals surface area contributed by atoms with Crippen molar-refractivity contribution in [3.8, 4) is 11.5 Å². The Morgan fingerprint density at radius 2 is 2.00 bits per heavy atom. The maximum Gasteiger partial charge on any atom is 0.317 e. The van der Waals surface area contributed by atoms with Gasteiger partial charge in [0.25, 0.3) is 5.91 Å². The Kier molecular flexibility index (Phi) is 7.47. The molecule has 7 nitrogen and oxygen atoms in total. The third kappa shape index (κ3) is 5.85. The first kappa shape index (κ1) is 21.0. The van der Waals surface area contributed by atoms with Crippen LogP contribution in [0.5, 0.6) is 11.5 Å². The minimum atomic E-state index is -0.823. The van der Waals surface area contributed by atoms with Crippen LogP contribution in [0.1, 0.15) is 44.0 Å². The highest BCUT2D eigenvalue weighted by atomic mass is 16.5. The second-order valence-corrected chi connectivity index (χ2v) is 7.32.